The van der Waals surface area contributed by atoms with Gasteiger partial charge in [0.1, 0.15) is 0 Å². The Morgan fingerprint density at radius 3 is 2.24 bits per heavy atom. The summed E-state index contributed by atoms with van der Waals surface area (Å²) >= 11 is 0. The highest BCUT2D eigenvalue weighted by Gasteiger charge is 2.02. The summed E-state index contributed by atoms with van der Waals surface area (Å²) in [6.07, 6.45) is 0.565. The maximum atomic E-state index is 9.45. The number of aliphatic hydroxyl groups excluding tert-OH is 1. The molecular weight excluding hydrogens is 208 g/mol. The number of rotatable bonds is 3. The van der Waals surface area contributed by atoms with E-state index in [2.05, 4.69) is 43.3 Å². The van der Waals surface area contributed by atoms with Crippen molar-refractivity contribution in [1.82, 2.24) is 0 Å². The molecule has 0 fully saturated rings. The van der Waals surface area contributed by atoms with Gasteiger partial charge in [-0.1, -0.05) is 48.5 Å². The molecule has 2 aromatic carbocycles. The number of hydrogen-bond donors (Lipinski definition) is 1. The first-order chi connectivity index (χ1) is 8.16. The number of aryl methyl sites for hydroxylation is 1. The third kappa shape index (κ3) is 2.95. The molecule has 0 aliphatic heterocycles. The molecule has 0 saturated heterocycles. The van der Waals surface area contributed by atoms with Crippen LogP contribution in [-0.4, -0.2) is 5.11 Å². The van der Waals surface area contributed by atoms with Gasteiger partial charge in [0.15, 0.2) is 0 Å². The van der Waals surface area contributed by atoms with Crippen molar-refractivity contribution in [3.63, 3.8) is 0 Å². The van der Waals surface area contributed by atoms with Crippen LogP contribution in [0.1, 0.15) is 35.3 Å². The fourth-order valence-electron chi connectivity index (χ4n) is 1.94. The molecular formula is C16H18O. The number of hydrogen-bond acceptors (Lipinski definition) is 1. The van der Waals surface area contributed by atoms with Gasteiger partial charge in [0, 0.05) is 0 Å². The van der Waals surface area contributed by atoms with Crippen LogP contribution in [0, 0.1) is 6.92 Å². The molecule has 0 amide bonds. The Labute approximate surface area is 103 Å². The van der Waals surface area contributed by atoms with E-state index in [1.54, 1.807) is 6.92 Å². The van der Waals surface area contributed by atoms with E-state index in [0.29, 0.717) is 0 Å². The quantitative estimate of drug-likeness (QED) is 0.847. The SMILES string of the molecule is Cc1ccccc1Cc1ccc(C(C)O)cc1. The van der Waals surface area contributed by atoms with Gasteiger partial charge in [-0.05, 0) is 42.5 Å². The predicted molar refractivity (Wildman–Crippen MR) is 71.1 cm³/mol. The molecule has 1 heteroatoms. The molecule has 2 aromatic rings. The molecule has 88 valence electrons. The van der Waals surface area contributed by atoms with Crippen molar-refractivity contribution in [2.45, 2.75) is 26.4 Å². The first-order valence-electron chi connectivity index (χ1n) is 5.98. The molecule has 1 atom stereocenters. The lowest BCUT2D eigenvalue weighted by atomic mass is 9.99. The molecule has 0 aromatic heterocycles. The second kappa shape index (κ2) is 5.15. The van der Waals surface area contributed by atoms with Gasteiger partial charge in [-0.2, -0.15) is 0 Å². The van der Waals surface area contributed by atoms with Crippen molar-refractivity contribution < 1.29 is 5.11 Å². The smallest absolute Gasteiger partial charge is 0.0761 e. The summed E-state index contributed by atoms with van der Waals surface area (Å²) in [5.74, 6) is 0. The molecule has 0 heterocycles. The van der Waals surface area contributed by atoms with Gasteiger partial charge in [0.25, 0.3) is 0 Å². The molecule has 1 nitrogen and oxygen atoms in total. The van der Waals surface area contributed by atoms with Crippen molar-refractivity contribution in [2.75, 3.05) is 0 Å². The Bertz CT molecular complexity index is 483. The summed E-state index contributed by atoms with van der Waals surface area (Å²) in [6, 6.07) is 16.6. The van der Waals surface area contributed by atoms with Crippen LogP contribution in [0.3, 0.4) is 0 Å². The van der Waals surface area contributed by atoms with Gasteiger partial charge in [-0.15, -0.1) is 0 Å². The molecule has 0 aliphatic rings. The first-order valence-corrected chi connectivity index (χ1v) is 5.98. The first kappa shape index (κ1) is 11.9. The average Bonchev–Trinajstić information content (AvgIpc) is 2.33. The van der Waals surface area contributed by atoms with Crippen LogP contribution in [0.2, 0.25) is 0 Å². The highest BCUT2D eigenvalue weighted by molar-refractivity contribution is 5.33. The maximum absolute atomic E-state index is 9.45. The third-order valence-corrected chi connectivity index (χ3v) is 3.12. The van der Waals surface area contributed by atoms with E-state index in [1.807, 2.05) is 12.1 Å². The van der Waals surface area contributed by atoms with Crippen molar-refractivity contribution in [3.8, 4) is 0 Å². The molecule has 0 bridgehead atoms. The monoisotopic (exact) mass is 226 g/mol. The van der Waals surface area contributed by atoms with E-state index in [4.69, 9.17) is 0 Å². The Hall–Kier alpha value is -1.60. The normalized spacial score (nSPS) is 12.4. The number of benzene rings is 2. The average molecular weight is 226 g/mol. The van der Waals surface area contributed by atoms with Crippen molar-refractivity contribution >= 4 is 0 Å². The Balaban J connectivity index is 2.17. The molecule has 0 saturated carbocycles. The van der Waals surface area contributed by atoms with Gasteiger partial charge >= 0.3 is 0 Å². The summed E-state index contributed by atoms with van der Waals surface area (Å²) in [5, 5.41) is 9.45. The van der Waals surface area contributed by atoms with Crippen LogP contribution < -0.4 is 0 Å². The fourth-order valence-corrected chi connectivity index (χ4v) is 1.94. The van der Waals surface area contributed by atoms with Gasteiger partial charge in [-0.25, -0.2) is 0 Å². The van der Waals surface area contributed by atoms with Crippen molar-refractivity contribution in [3.05, 3.63) is 70.8 Å². The molecule has 2 rings (SSSR count). The fraction of sp³-hybridized carbons (Fsp3) is 0.250. The van der Waals surface area contributed by atoms with Crippen LogP contribution in [0.4, 0.5) is 0 Å². The molecule has 17 heavy (non-hydrogen) atoms. The van der Waals surface area contributed by atoms with E-state index >= 15 is 0 Å². The topological polar surface area (TPSA) is 20.2 Å². The zero-order valence-electron chi connectivity index (χ0n) is 10.4. The molecule has 0 radical (unpaired) electrons. The van der Waals surface area contributed by atoms with E-state index in [0.717, 1.165) is 12.0 Å². The molecule has 0 spiro atoms. The molecule has 1 N–H and O–H groups in total. The summed E-state index contributed by atoms with van der Waals surface area (Å²) in [7, 11) is 0. The zero-order valence-corrected chi connectivity index (χ0v) is 10.4. The minimum Gasteiger partial charge on any atom is -0.389 e. The van der Waals surface area contributed by atoms with Crippen LogP contribution >= 0.6 is 0 Å². The maximum Gasteiger partial charge on any atom is 0.0761 e. The Morgan fingerprint density at radius 1 is 1.00 bits per heavy atom. The molecule has 1 unspecified atom stereocenters. The van der Waals surface area contributed by atoms with Gasteiger partial charge in [-0.3, -0.25) is 0 Å². The molecule has 0 aliphatic carbocycles. The highest BCUT2D eigenvalue weighted by atomic mass is 16.3. The van der Waals surface area contributed by atoms with Crippen molar-refractivity contribution in [1.29, 1.82) is 0 Å². The standard InChI is InChI=1S/C16H18O/c1-12-5-3-4-6-16(12)11-14-7-9-15(10-8-14)13(2)17/h3-10,13,17H,11H2,1-2H3. The summed E-state index contributed by atoms with van der Waals surface area (Å²) in [4.78, 5) is 0. The van der Waals surface area contributed by atoms with E-state index < -0.39 is 0 Å². The largest absolute Gasteiger partial charge is 0.389 e. The van der Waals surface area contributed by atoms with Crippen LogP contribution in [0.25, 0.3) is 0 Å². The number of aliphatic hydroxyl groups is 1. The summed E-state index contributed by atoms with van der Waals surface area (Å²) in [5.41, 5.74) is 4.94. The van der Waals surface area contributed by atoms with Gasteiger partial charge in [0.05, 0.1) is 6.10 Å². The van der Waals surface area contributed by atoms with E-state index in [1.165, 1.54) is 16.7 Å². The Kier molecular flexibility index (Phi) is 3.60. The minimum absolute atomic E-state index is 0.387. The lowest BCUT2D eigenvalue weighted by Crippen LogP contribution is -1.94. The summed E-state index contributed by atoms with van der Waals surface area (Å²) < 4.78 is 0. The van der Waals surface area contributed by atoms with Crippen LogP contribution in [0.5, 0.6) is 0 Å². The Morgan fingerprint density at radius 2 is 1.65 bits per heavy atom. The lowest BCUT2D eigenvalue weighted by Gasteiger charge is -2.08. The predicted octanol–water partition coefficient (Wildman–Crippen LogP) is 3.64. The zero-order chi connectivity index (χ0) is 12.3. The van der Waals surface area contributed by atoms with E-state index in [-0.39, 0.29) is 6.10 Å². The second-order valence-corrected chi connectivity index (χ2v) is 4.52. The van der Waals surface area contributed by atoms with Crippen molar-refractivity contribution in [2.24, 2.45) is 0 Å². The third-order valence-electron chi connectivity index (χ3n) is 3.12. The lowest BCUT2D eigenvalue weighted by molar-refractivity contribution is 0.199. The van der Waals surface area contributed by atoms with Gasteiger partial charge in [0.2, 0.25) is 0 Å². The van der Waals surface area contributed by atoms with E-state index in [9.17, 15) is 5.11 Å². The van der Waals surface area contributed by atoms with Crippen LogP contribution in [0.15, 0.2) is 48.5 Å². The summed E-state index contributed by atoms with van der Waals surface area (Å²) in [6.45, 7) is 3.93. The second-order valence-electron chi connectivity index (χ2n) is 4.52. The van der Waals surface area contributed by atoms with Crippen LogP contribution in [-0.2, 0) is 6.42 Å². The minimum atomic E-state index is -0.387. The highest BCUT2D eigenvalue weighted by Crippen LogP contribution is 2.17. The van der Waals surface area contributed by atoms with Gasteiger partial charge < -0.3 is 5.11 Å².